The van der Waals surface area contributed by atoms with Gasteiger partial charge < -0.3 is 0 Å². The van der Waals surface area contributed by atoms with Crippen LogP contribution in [-0.2, 0) is 6.42 Å². The van der Waals surface area contributed by atoms with Crippen LogP contribution >= 0.6 is 23.2 Å². The normalized spacial score (nSPS) is 12.8. The number of alkyl halides is 1. The molecule has 0 spiro atoms. The van der Waals surface area contributed by atoms with Gasteiger partial charge in [-0.25, -0.2) is 0 Å². The van der Waals surface area contributed by atoms with E-state index in [2.05, 4.69) is 6.92 Å². The van der Waals surface area contributed by atoms with Gasteiger partial charge in [-0.15, -0.1) is 11.6 Å². The van der Waals surface area contributed by atoms with Gasteiger partial charge in [0.2, 0.25) is 0 Å². The molecule has 0 amide bonds. The van der Waals surface area contributed by atoms with Gasteiger partial charge in [0.05, 0.1) is 0 Å². The Morgan fingerprint density at radius 2 is 1.85 bits per heavy atom. The van der Waals surface area contributed by atoms with Gasteiger partial charge in [-0.1, -0.05) is 37.1 Å². The van der Waals surface area contributed by atoms with Crippen LogP contribution in [0.3, 0.4) is 0 Å². The molecule has 0 saturated carbocycles. The highest BCUT2D eigenvalue weighted by atomic mass is 35.5. The lowest BCUT2D eigenvalue weighted by molar-refractivity contribution is 0.726. The van der Waals surface area contributed by atoms with Crippen LogP contribution in [-0.4, -0.2) is 5.38 Å². The van der Waals surface area contributed by atoms with Crippen molar-refractivity contribution in [3.8, 4) is 0 Å². The minimum atomic E-state index is 0.256. The summed E-state index contributed by atoms with van der Waals surface area (Å²) in [5, 5.41) is 1.04. The molecule has 0 aromatic heterocycles. The zero-order valence-corrected chi connectivity index (χ0v) is 9.28. The summed E-state index contributed by atoms with van der Waals surface area (Å²) in [7, 11) is 0. The molecule has 13 heavy (non-hydrogen) atoms. The zero-order valence-electron chi connectivity index (χ0n) is 7.76. The highest BCUT2D eigenvalue weighted by molar-refractivity contribution is 6.30. The fourth-order valence-corrected chi connectivity index (χ4v) is 1.81. The highest BCUT2D eigenvalue weighted by Crippen LogP contribution is 2.15. The highest BCUT2D eigenvalue weighted by Gasteiger charge is 2.03. The number of hydrogen-bond donors (Lipinski definition) is 0. The lowest BCUT2D eigenvalue weighted by Crippen LogP contribution is -2.02. The van der Waals surface area contributed by atoms with Crippen molar-refractivity contribution < 1.29 is 0 Å². The molecule has 72 valence electrons. The third-order valence-electron chi connectivity index (χ3n) is 1.97. The van der Waals surface area contributed by atoms with E-state index < -0.39 is 0 Å². The van der Waals surface area contributed by atoms with Crippen LogP contribution in [0.1, 0.15) is 25.3 Å². The zero-order chi connectivity index (χ0) is 9.68. The van der Waals surface area contributed by atoms with Crippen LogP contribution in [0.4, 0.5) is 0 Å². The van der Waals surface area contributed by atoms with Gasteiger partial charge in [-0.2, -0.15) is 0 Å². The molecule has 0 fully saturated rings. The maximum atomic E-state index is 6.12. The van der Waals surface area contributed by atoms with Crippen molar-refractivity contribution in [2.45, 2.75) is 31.6 Å². The molecule has 1 rings (SSSR count). The van der Waals surface area contributed by atoms with E-state index in [1.807, 2.05) is 24.3 Å². The summed E-state index contributed by atoms with van der Waals surface area (Å²) in [5.41, 5.74) is 1.26. The van der Waals surface area contributed by atoms with Crippen LogP contribution in [0, 0.1) is 0 Å². The minimum Gasteiger partial charge on any atom is -0.123 e. The molecule has 0 saturated heterocycles. The third-order valence-corrected chi connectivity index (χ3v) is 2.60. The summed E-state index contributed by atoms with van der Waals surface area (Å²) >= 11 is 11.9. The van der Waals surface area contributed by atoms with Crippen molar-refractivity contribution in [3.05, 3.63) is 34.9 Å². The minimum absolute atomic E-state index is 0.256. The predicted octanol–water partition coefficient (Wildman–Crippen LogP) is 4.29. The Morgan fingerprint density at radius 1 is 1.23 bits per heavy atom. The monoisotopic (exact) mass is 216 g/mol. The predicted molar refractivity (Wildman–Crippen MR) is 59.7 cm³/mol. The molecule has 0 N–H and O–H groups in total. The first kappa shape index (κ1) is 10.9. The van der Waals surface area contributed by atoms with E-state index >= 15 is 0 Å². The summed E-state index contributed by atoms with van der Waals surface area (Å²) in [6.45, 7) is 2.15. The summed E-state index contributed by atoms with van der Waals surface area (Å²) < 4.78 is 0. The second kappa shape index (κ2) is 5.51. The van der Waals surface area contributed by atoms with Crippen molar-refractivity contribution in [2.75, 3.05) is 0 Å². The van der Waals surface area contributed by atoms with Crippen molar-refractivity contribution in [2.24, 2.45) is 0 Å². The van der Waals surface area contributed by atoms with Crippen molar-refractivity contribution in [3.63, 3.8) is 0 Å². The summed E-state index contributed by atoms with van der Waals surface area (Å²) in [6.07, 6.45) is 3.15. The lowest BCUT2D eigenvalue weighted by atomic mass is 10.1. The van der Waals surface area contributed by atoms with Crippen molar-refractivity contribution in [1.29, 1.82) is 0 Å². The molecule has 0 heterocycles. The molecule has 1 aromatic carbocycles. The molecule has 0 aliphatic heterocycles. The Kier molecular flexibility index (Phi) is 4.61. The van der Waals surface area contributed by atoms with Crippen molar-refractivity contribution in [1.82, 2.24) is 0 Å². The molecule has 1 aromatic rings. The maximum Gasteiger partial charge on any atom is 0.0406 e. The Hall–Kier alpha value is -0.200. The van der Waals surface area contributed by atoms with E-state index in [4.69, 9.17) is 23.2 Å². The molecule has 1 atom stereocenters. The number of halogens is 2. The van der Waals surface area contributed by atoms with Gasteiger partial charge in [0.25, 0.3) is 0 Å². The second-order valence-electron chi connectivity index (χ2n) is 3.22. The summed E-state index contributed by atoms with van der Waals surface area (Å²) in [6, 6.07) is 7.89. The van der Waals surface area contributed by atoms with E-state index in [1.54, 1.807) is 0 Å². The Labute approximate surface area is 89.9 Å². The van der Waals surface area contributed by atoms with E-state index in [1.165, 1.54) is 5.56 Å². The lowest BCUT2D eigenvalue weighted by Gasteiger charge is -2.07. The molecule has 0 aliphatic carbocycles. The first-order valence-electron chi connectivity index (χ1n) is 4.61. The number of rotatable bonds is 4. The van der Waals surface area contributed by atoms with Gasteiger partial charge >= 0.3 is 0 Å². The average molecular weight is 217 g/mol. The molecule has 0 radical (unpaired) electrons. The second-order valence-corrected chi connectivity index (χ2v) is 4.27. The standard InChI is InChI=1S/C11H14Cl2/c1-2-3-11(13)8-9-4-6-10(12)7-5-9/h4-7,11H,2-3,8H2,1H3. The van der Waals surface area contributed by atoms with Gasteiger partial charge in [0, 0.05) is 10.4 Å². The topological polar surface area (TPSA) is 0 Å². The molecular formula is C11H14Cl2. The van der Waals surface area contributed by atoms with Crippen molar-refractivity contribution >= 4 is 23.2 Å². The van der Waals surface area contributed by atoms with Crippen LogP contribution in [0.5, 0.6) is 0 Å². The molecule has 0 bridgehead atoms. The number of hydrogen-bond acceptors (Lipinski definition) is 0. The van der Waals surface area contributed by atoms with E-state index in [0.717, 1.165) is 24.3 Å². The first-order chi connectivity index (χ1) is 6.22. The fourth-order valence-electron chi connectivity index (χ4n) is 1.29. The van der Waals surface area contributed by atoms with Crippen LogP contribution in [0.2, 0.25) is 5.02 Å². The fraction of sp³-hybridized carbons (Fsp3) is 0.455. The average Bonchev–Trinajstić information content (AvgIpc) is 2.09. The smallest absolute Gasteiger partial charge is 0.0406 e. The molecule has 0 nitrogen and oxygen atoms in total. The Balaban J connectivity index is 2.49. The molecule has 1 unspecified atom stereocenters. The third kappa shape index (κ3) is 4.02. The maximum absolute atomic E-state index is 6.12. The van der Waals surface area contributed by atoms with E-state index in [9.17, 15) is 0 Å². The van der Waals surface area contributed by atoms with Gasteiger partial charge in [0.1, 0.15) is 0 Å². The molecule has 2 heteroatoms. The molecular weight excluding hydrogens is 203 g/mol. The van der Waals surface area contributed by atoms with Gasteiger partial charge in [-0.3, -0.25) is 0 Å². The molecule has 0 aliphatic rings. The largest absolute Gasteiger partial charge is 0.123 e. The summed E-state index contributed by atoms with van der Waals surface area (Å²) in [4.78, 5) is 0. The Bertz CT molecular complexity index is 241. The van der Waals surface area contributed by atoms with Crippen LogP contribution < -0.4 is 0 Å². The number of benzene rings is 1. The van der Waals surface area contributed by atoms with E-state index in [-0.39, 0.29) is 5.38 Å². The van der Waals surface area contributed by atoms with Crippen LogP contribution in [0.25, 0.3) is 0 Å². The summed E-state index contributed by atoms with van der Waals surface area (Å²) in [5.74, 6) is 0. The Morgan fingerprint density at radius 3 is 2.38 bits per heavy atom. The SMILES string of the molecule is CCCC(Cl)Cc1ccc(Cl)cc1. The van der Waals surface area contributed by atoms with Gasteiger partial charge in [-0.05, 0) is 30.5 Å². The first-order valence-corrected chi connectivity index (χ1v) is 5.42. The van der Waals surface area contributed by atoms with E-state index in [0.29, 0.717) is 0 Å². The van der Waals surface area contributed by atoms with Crippen LogP contribution in [0.15, 0.2) is 24.3 Å². The van der Waals surface area contributed by atoms with Gasteiger partial charge in [0.15, 0.2) is 0 Å². The quantitative estimate of drug-likeness (QED) is 0.660.